The predicted octanol–water partition coefficient (Wildman–Crippen LogP) is 2.56. The molecule has 0 aliphatic carbocycles. The molecule has 1 aromatic heterocycles. The SMILES string of the molecule is COCCN(CCC(=O)Nc1cc(Cl)ccc1Cl)c1c(N)n(CC(C)C)c(=O)[nH]c1=O. The minimum atomic E-state index is -0.614. The number of nitrogens with zero attached hydrogens (tertiary/aromatic N) is 2. The van der Waals surface area contributed by atoms with Crippen LogP contribution in [0.1, 0.15) is 20.3 Å². The maximum atomic E-state index is 12.6. The zero-order valence-electron chi connectivity index (χ0n) is 17.7. The minimum absolute atomic E-state index is 0.0365. The molecule has 170 valence electrons. The van der Waals surface area contributed by atoms with Crippen LogP contribution >= 0.6 is 23.2 Å². The van der Waals surface area contributed by atoms with Crippen LogP contribution in [0.4, 0.5) is 17.2 Å². The molecule has 31 heavy (non-hydrogen) atoms. The van der Waals surface area contributed by atoms with Gasteiger partial charge < -0.3 is 20.7 Å². The highest BCUT2D eigenvalue weighted by Gasteiger charge is 2.20. The number of H-pyrrole nitrogens is 1. The van der Waals surface area contributed by atoms with Crippen molar-refractivity contribution in [2.75, 3.05) is 42.8 Å². The third-order valence-electron chi connectivity index (χ3n) is 4.45. The third-order valence-corrected chi connectivity index (χ3v) is 5.02. The number of nitrogens with one attached hydrogen (secondary N) is 2. The van der Waals surface area contributed by atoms with E-state index in [0.29, 0.717) is 35.4 Å². The molecule has 11 heteroatoms. The molecule has 2 aromatic rings. The molecule has 0 aliphatic heterocycles. The quantitative estimate of drug-likeness (QED) is 0.489. The molecule has 0 unspecified atom stereocenters. The van der Waals surface area contributed by atoms with Gasteiger partial charge in [-0.2, -0.15) is 0 Å². The number of rotatable bonds is 10. The Hall–Kier alpha value is -2.49. The molecule has 0 bridgehead atoms. The lowest BCUT2D eigenvalue weighted by molar-refractivity contribution is -0.116. The number of nitrogen functional groups attached to an aromatic ring is 1. The van der Waals surface area contributed by atoms with Crippen LogP contribution in [0.3, 0.4) is 0 Å². The molecule has 0 aliphatic rings. The van der Waals surface area contributed by atoms with Crippen molar-refractivity contribution in [1.82, 2.24) is 9.55 Å². The highest BCUT2D eigenvalue weighted by molar-refractivity contribution is 6.35. The van der Waals surface area contributed by atoms with E-state index in [-0.39, 0.29) is 36.3 Å². The van der Waals surface area contributed by atoms with Gasteiger partial charge in [-0.15, -0.1) is 0 Å². The van der Waals surface area contributed by atoms with Crippen molar-refractivity contribution < 1.29 is 9.53 Å². The van der Waals surface area contributed by atoms with E-state index >= 15 is 0 Å². The van der Waals surface area contributed by atoms with E-state index < -0.39 is 11.2 Å². The van der Waals surface area contributed by atoms with E-state index in [1.807, 2.05) is 13.8 Å². The zero-order chi connectivity index (χ0) is 23.1. The molecule has 1 aromatic carbocycles. The van der Waals surface area contributed by atoms with Gasteiger partial charge in [0.05, 0.1) is 17.3 Å². The standard InChI is InChI=1S/C20H27Cl2N5O4/c1-12(2)11-27-18(23)17(19(29)25-20(27)30)26(8-9-31-3)7-6-16(28)24-15-10-13(21)4-5-14(15)22/h4-5,10,12H,6-9,11,23H2,1-3H3,(H,24,28)(H,25,29,30). The summed E-state index contributed by atoms with van der Waals surface area (Å²) >= 11 is 12.0. The van der Waals surface area contributed by atoms with Gasteiger partial charge in [0.25, 0.3) is 5.56 Å². The number of hydrogen-bond donors (Lipinski definition) is 3. The predicted molar refractivity (Wildman–Crippen MR) is 124 cm³/mol. The van der Waals surface area contributed by atoms with Gasteiger partial charge in [0.15, 0.2) is 0 Å². The number of aromatic amines is 1. The van der Waals surface area contributed by atoms with Gasteiger partial charge in [0.1, 0.15) is 11.5 Å². The second-order valence-corrected chi connectivity index (χ2v) is 8.24. The van der Waals surface area contributed by atoms with Gasteiger partial charge in [-0.3, -0.25) is 19.1 Å². The molecule has 2 rings (SSSR count). The Morgan fingerprint density at radius 1 is 1.29 bits per heavy atom. The molecule has 9 nitrogen and oxygen atoms in total. The van der Waals surface area contributed by atoms with Crippen LogP contribution in [0.2, 0.25) is 10.0 Å². The van der Waals surface area contributed by atoms with Crippen molar-refractivity contribution in [3.8, 4) is 0 Å². The number of amides is 1. The van der Waals surface area contributed by atoms with E-state index in [1.54, 1.807) is 23.1 Å². The molecule has 0 saturated carbocycles. The molecule has 0 spiro atoms. The van der Waals surface area contributed by atoms with Gasteiger partial charge in [0.2, 0.25) is 5.91 Å². The van der Waals surface area contributed by atoms with Gasteiger partial charge in [-0.1, -0.05) is 37.0 Å². The van der Waals surface area contributed by atoms with Crippen molar-refractivity contribution in [1.29, 1.82) is 0 Å². The Morgan fingerprint density at radius 2 is 2.00 bits per heavy atom. The lowest BCUT2D eigenvalue weighted by atomic mass is 10.2. The van der Waals surface area contributed by atoms with Crippen molar-refractivity contribution >= 4 is 46.3 Å². The van der Waals surface area contributed by atoms with Crippen LogP contribution in [0, 0.1) is 5.92 Å². The topological polar surface area (TPSA) is 122 Å². The summed E-state index contributed by atoms with van der Waals surface area (Å²) in [7, 11) is 1.53. The van der Waals surface area contributed by atoms with Gasteiger partial charge in [-0.25, -0.2) is 4.79 Å². The summed E-state index contributed by atoms with van der Waals surface area (Å²) in [5.41, 5.74) is 5.54. The fourth-order valence-electron chi connectivity index (χ4n) is 3.01. The van der Waals surface area contributed by atoms with E-state index in [4.69, 9.17) is 33.7 Å². The number of nitrogens with two attached hydrogens (primary N) is 1. The molecule has 1 amide bonds. The highest BCUT2D eigenvalue weighted by Crippen LogP contribution is 2.25. The molecule has 0 fully saturated rings. The summed E-state index contributed by atoms with van der Waals surface area (Å²) in [4.78, 5) is 41.2. The van der Waals surface area contributed by atoms with Crippen LogP contribution in [-0.2, 0) is 16.1 Å². The van der Waals surface area contributed by atoms with Crippen molar-refractivity contribution in [2.45, 2.75) is 26.8 Å². The Kier molecular flexibility index (Phi) is 8.97. The number of carbonyl (C=O) groups is 1. The van der Waals surface area contributed by atoms with E-state index in [2.05, 4.69) is 10.3 Å². The maximum Gasteiger partial charge on any atom is 0.330 e. The minimum Gasteiger partial charge on any atom is -0.383 e. The molecule has 0 radical (unpaired) electrons. The Labute approximate surface area is 190 Å². The lowest BCUT2D eigenvalue weighted by Gasteiger charge is -2.26. The number of halogens is 2. The van der Waals surface area contributed by atoms with Crippen LogP contribution in [-0.4, -0.2) is 42.3 Å². The van der Waals surface area contributed by atoms with E-state index in [0.717, 1.165) is 0 Å². The molecule has 1 heterocycles. The summed E-state index contributed by atoms with van der Waals surface area (Å²) in [6.45, 7) is 4.98. The van der Waals surface area contributed by atoms with E-state index in [9.17, 15) is 14.4 Å². The Morgan fingerprint density at radius 3 is 2.65 bits per heavy atom. The highest BCUT2D eigenvalue weighted by atomic mass is 35.5. The van der Waals surface area contributed by atoms with Crippen molar-refractivity contribution in [3.05, 3.63) is 49.1 Å². The number of benzene rings is 1. The summed E-state index contributed by atoms with van der Waals surface area (Å²) in [6, 6.07) is 4.75. The molecule has 0 saturated heterocycles. The molecule has 4 N–H and O–H groups in total. The molecular formula is C20H27Cl2N5O4. The summed E-state index contributed by atoms with van der Waals surface area (Å²) < 4.78 is 6.45. The van der Waals surface area contributed by atoms with Crippen LogP contribution < -0.4 is 27.2 Å². The first-order chi connectivity index (χ1) is 14.6. The molecular weight excluding hydrogens is 445 g/mol. The number of carbonyl (C=O) groups excluding carboxylic acids is 1. The fourth-order valence-corrected chi connectivity index (χ4v) is 3.35. The van der Waals surface area contributed by atoms with Crippen LogP contribution in [0.5, 0.6) is 0 Å². The normalized spacial score (nSPS) is 11.0. The van der Waals surface area contributed by atoms with Crippen molar-refractivity contribution in [2.24, 2.45) is 5.92 Å². The van der Waals surface area contributed by atoms with Gasteiger partial charge >= 0.3 is 5.69 Å². The summed E-state index contributed by atoms with van der Waals surface area (Å²) in [6.07, 6.45) is 0.0365. The van der Waals surface area contributed by atoms with Crippen molar-refractivity contribution in [3.63, 3.8) is 0 Å². The lowest BCUT2D eigenvalue weighted by Crippen LogP contribution is -2.41. The number of methoxy groups -OCH3 is 1. The number of hydrogen-bond acceptors (Lipinski definition) is 6. The average molecular weight is 472 g/mol. The number of anilines is 3. The summed E-state index contributed by atoms with van der Waals surface area (Å²) in [5, 5.41) is 3.50. The molecule has 0 atom stereocenters. The smallest absolute Gasteiger partial charge is 0.330 e. The first-order valence-corrected chi connectivity index (χ1v) is 10.5. The Bertz CT molecular complexity index is 1040. The van der Waals surface area contributed by atoms with Gasteiger partial charge in [0, 0.05) is 38.2 Å². The average Bonchev–Trinajstić information content (AvgIpc) is 2.69. The number of ether oxygens (including phenoxy) is 1. The zero-order valence-corrected chi connectivity index (χ0v) is 19.2. The third kappa shape index (κ3) is 6.75. The first-order valence-electron chi connectivity index (χ1n) is 9.75. The monoisotopic (exact) mass is 471 g/mol. The van der Waals surface area contributed by atoms with Crippen LogP contribution in [0.25, 0.3) is 0 Å². The summed E-state index contributed by atoms with van der Waals surface area (Å²) in [5.74, 6) is -0.131. The second-order valence-electron chi connectivity index (χ2n) is 7.40. The van der Waals surface area contributed by atoms with Gasteiger partial charge in [-0.05, 0) is 24.1 Å². The second kappa shape index (κ2) is 11.2. The number of aromatic nitrogens is 2. The van der Waals surface area contributed by atoms with Crippen LogP contribution in [0.15, 0.2) is 27.8 Å². The fraction of sp³-hybridized carbons (Fsp3) is 0.450. The van der Waals surface area contributed by atoms with E-state index in [1.165, 1.54) is 11.7 Å². The Balaban J connectivity index is 2.26. The largest absolute Gasteiger partial charge is 0.383 e. The first kappa shape index (κ1) is 24.8. The maximum absolute atomic E-state index is 12.6.